The molecule has 0 aliphatic carbocycles. The van der Waals surface area contributed by atoms with E-state index in [1.807, 2.05) is 0 Å². The number of carboxylic acid groups (broad SMARTS) is 1. The predicted molar refractivity (Wildman–Crippen MR) is 59.6 cm³/mol. The fourth-order valence-electron chi connectivity index (χ4n) is 1.69. The van der Waals surface area contributed by atoms with Gasteiger partial charge in [0, 0.05) is 0 Å². The highest BCUT2D eigenvalue weighted by Gasteiger charge is 2.58. The van der Waals surface area contributed by atoms with E-state index in [0.29, 0.717) is 0 Å². The molecule has 17 heavy (non-hydrogen) atoms. The minimum Gasteiger partial charge on any atom is -0.480 e. The minimum atomic E-state index is -3.91. The van der Waals surface area contributed by atoms with Crippen molar-refractivity contribution in [2.45, 2.75) is 16.6 Å². The molecular formula is C11H12O5S. The summed E-state index contributed by atoms with van der Waals surface area (Å²) >= 11 is 0. The monoisotopic (exact) mass is 256 g/mol. The van der Waals surface area contributed by atoms with Crippen LogP contribution < -0.4 is 0 Å². The lowest BCUT2D eigenvalue weighted by molar-refractivity contribution is -0.152. The quantitative estimate of drug-likeness (QED) is 0.857. The molecule has 0 saturated carbocycles. The Kier molecular flexibility index (Phi) is 2.71. The first-order chi connectivity index (χ1) is 7.90. The van der Waals surface area contributed by atoms with Gasteiger partial charge in [-0.2, -0.15) is 0 Å². The summed E-state index contributed by atoms with van der Waals surface area (Å²) in [6, 6.07) is 6.23. The highest BCUT2D eigenvalue weighted by molar-refractivity contribution is 7.93. The molecule has 1 aromatic carbocycles. The minimum absolute atomic E-state index is 0.0307. The van der Waals surface area contributed by atoms with Crippen LogP contribution in [0.1, 0.15) is 5.56 Å². The number of ether oxygens (including phenoxy) is 1. The van der Waals surface area contributed by atoms with Gasteiger partial charge in [0.05, 0.1) is 18.1 Å². The molecule has 1 fully saturated rings. The molecule has 0 aromatic heterocycles. The SMILES string of the molecule is Cc1cccc(S(=O)(=O)C2(C(=O)O)COC2)c1. The first-order valence-electron chi connectivity index (χ1n) is 5.03. The summed E-state index contributed by atoms with van der Waals surface area (Å²) in [5.41, 5.74) is 0.770. The lowest BCUT2D eigenvalue weighted by atomic mass is 10.1. The maximum absolute atomic E-state index is 12.3. The zero-order chi connectivity index (χ0) is 12.7. The molecule has 1 aliphatic rings. The zero-order valence-electron chi connectivity index (χ0n) is 9.21. The number of aryl methyl sites for hydroxylation is 1. The summed E-state index contributed by atoms with van der Waals surface area (Å²) in [4.78, 5) is 11.2. The van der Waals surface area contributed by atoms with Crippen molar-refractivity contribution >= 4 is 15.8 Å². The molecule has 0 radical (unpaired) electrons. The van der Waals surface area contributed by atoms with Gasteiger partial charge < -0.3 is 9.84 Å². The van der Waals surface area contributed by atoms with E-state index in [-0.39, 0.29) is 18.1 Å². The van der Waals surface area contributed by atoms with E-state index in [1.165, 1.54) is 12.1 Å². The van der Waals surface area contributed by atoms with Gasteiger partial charge in [-0.3, -0.25) is 4.79 Å². The van der Waals surface area contributed by atoms with Crippen molar-refractivity contribution in [3.8, 4) is 0 Å². The number of hydrogen-bond donors (Lipinski definition) is 1. The molecule has 0 bridgehead atoms. The standard InChI is InChI=1S/C11H12O5S/c1-8-3-2-4-9(5-8)17(14,15)11(10(12)13)6-16-7-11/h2-5H,6-7H2,1H3,(H,12,13). The Morgan fingerprint density at radius 2 is 2.06 bits per heavy atom. The molecular weight excluding hydrogens is 244 g/mol. The Balaban J connectivity index is 2.54. The fraction of sp³-hybridized carbons (Fsp3) is 0.364. The van der Waals surface area contributed by atoms with Gasteiger partial charge in [-0.15, -0.1) is 0 Å². The summed E-state index contributed by atoms with van der Waals surface area (Å²) in [5, 5.41) is 9.09. The molecule has 5 nitrogen and oxygen atoms in total. The lowest BCUT2D eigenvalue weighted by Gasteiger charge is -2.36. The Labute approximate surface area is 98.9 Å². The second-order valence-corrected chi connectivity index (χ2v) is 6.37. The molecule has 6 heteroatoms. The molecule has 1 aliphatic heterocycles. The number of rotatable bonds is 3. The van der Waals surface area contributed by atoms with Crippen LogP contribution in [0.4, 0.5) is 0 Å². The maximum atomic E-state index is 12.3. The van der Waals surface area contributed by atoms with E-state index in [9.17, 15) is 13.2 Å². The maximum Gasteiger partial charge on any atom is 0.330 e. The number of sulfone groups is 1. The molecule has 1 aromatic rings. The van der Waals surface area contributed by atoms with Gasteiger partial charge in [0.25, 0.3) is 0 Å². The van der Waals surface area contributed by atoms with Crippen molar-refractivity contribution < 1.29 is 23.1 Å². The third kappa shape index (κ3) is 1.64. The third-order valence-electron chi connectivity index (χ3n) is 2.87. The number of carbonyl (C=O) groups is 1. The molecule has 1 N–H and O–H groups in total. The Hall–Kier alpha value is -1.40. The smallest absolute Gasteiger partial charge is 0.330 e. The second-order valence-electron chi connectivity index (χ2n) is 4.11. The van der Waals surface area contributed by atoms with Crippen LogP contribution >= 0.6 is 0 Å². The molecule has 92 valence electrons. The van der Waals surface area contributed by atoms with Gasteiger partial charge in [0.15, 0.2) is 9.84 Å². The Morgan fingerprint density at radius 1 is 1.41 bits per heavy atom. The lowest BCUT2D eigenvalue weighted by Crippen LogP contribution is -2.61. The molecule has 1 saturated heterocycles. The van der Waals surface area contributed by atoms with Crippen molar-refractivity contribution in [3.05, 3.63) is 29.8 Å². The van der Waals surface area contributed by atoms with Crippen molar-refractivity contribution in [3.63, 3.8) is 0 Å². The average Bonchev–Trinajstić information content (AvgIpc) is 2.14. The van der Waals surface area contributed by atoms with Crippen LogP contribution in [0.15, 0.2) is 29.2 Å². The van der Waals surface area contributed by atoms with Crippen LogP contribution in [-0.2, 0) is 19.4 Å². The van der Waals surface area contributed by atoms with Gasteiger partial charge in [0.2, 0.25) is 4.75 Å². The summed E-state index contributed by atoms with van der Waals surface area (Å²) in [6.07, 6.45) is 0. The fourth-order valence-corrected chi connectivity index (χ4v) is 3.45. The number of carboxylic acids is 1. The zero-order valence-corrected chi connectivity index (χ0v) is 10.0. The molecule has 0 atom stereocenters. The van der Waals surface area contributed by atoms with Crippen LogP contribution in [0, 0.1) is 6.92 Å². The van der Waals surface area contributed by atoms with Gasteiger partial charge in [0.1, 0.15) is 0 Å². The van der Waals surface area contributed by atoms with Gasteiger partial charge in [-0.05, 0) is 24.6 Å². The molecule has 1 heterocycles. The molecule has 2 rings (SSSR count). The highest BCUT2D eigenvalue weighted by Crippen LogP contribution is 2.33. The summed E-state index contributed by atoms with van der Waals surface area (Å²) < 4.78 is 27.5. The first kappa shape index (κ1) is 12.1. The topological polar surface area (TPSA) is 80.7 Å². The highest BCUT2D eigenvalue weighted by atomic mass is 32.2. The van der Waals surface area contributed by atoms with E-state index in [2.05, 4.69) is 0 Å². The van der Waals surface area contributed by atoms with E-state index < -0.39 is 20.6 Å². The van der Waals surface area contributed by atoms with Crippen LogP contribution in [0.3, 0.4) is 0 Å². The summed E-state index contributed by atoms with van der Waals surface area (Å²) in [5.74, 6) is -1.36. The summed E-state index contributed by atoms with van der Waals surface area (Å²) in [7, 11) is -3.91. The van der Waals surface area contributed by atoms with Crippen LogP contribution in [-0.4, -0.2) is 37.5 Å². The second kappa shape index (κ2) is 3.82. The van der Waals surface area contributed by atoms with E-state index in [1.54, 1.807) is 19.1 Å². The number of benzene rings is 1. The van der Waals surface area contributed by atoms with Gasteiger partial charge >= 0.3 is 5.97 Å². The van der Waals surface area contributed by atoms with Crippen LogP contribution in [0.2, 0.25) is 0 Å². The van der Waals surface area contributed by atoms with Crippen molar-refractivity contribution in [1.29, 1.82) is 0 Å². The van der Waals surface area contributed by atoms with Gasteiger partial charge in [-0.1, -0.05) is 12.1 Å². The molecule has 0 unspecified atom stereocenters. The number of aliphatic carboxylic acids is 1. The predicted octanol–water partition coefficient (Wildman–Crippen LogP) is 0.622. The Morgan fingerprint density at radius 3 is 2.47 bits per heavy atom. The van der Waals surface area contributed by atoms with Gasteiger partial charge in [-0.25, -0.2) is 8.42 Å². The van der Waals surface area contributed by atoms with Crippen molar-refractivity contribution in [2.75, 3.05) is 13.2 Å². The largest absolute Gasteiger partial charge is 0.480 e. The number of hydrogen-bond acceptors (Lipinski definition) is 4. The van der Waals surface area contributed by atoms with E-state index >= 15 is 0 Å². The van der Waals surface area contributed by atoms with Crippen LogP contribution in [0.25, 0.3) is 0 Å². The van der Waals surface area contributed by atoms with Crippen molar-refractivity contribution in [1.82, 2.24) is 0 Å². The Bertz CT molecular complexity index is 557. The van der Waals surface area contributed by atoms with E-state index in [4.69, 9.17) is 9.84 Å². The third-order valence-corrected chi connectivity index (χ3v) is 5.19. The van der Waals surface area contributed by atoms with E-state index in [0.717, 1.165) is 5.56 Å². The normalized spacial score (nSPS) is 18.4. The van der Waals surface area contributed by atoms with Crippen LogP contribution in [0.5, 0.6) is 0 Å². The molecule has 0 amide bonds. The first-order valence-corrected chi connectivity index (χ1v) is 6.51. The molecule has 0 spiro atoms. The average molecular weight is 256 g/mol. The summed E-state index contributed by atoms with van der Waals surface area (Å²) in [6.45, 7) is 1.17. The van der Waals surface area contributed by atoms with Crippen molar-refractivity contribution in [2.24, 2.45) is 0 Å².